The molecule has 1 aliphatic carbocycles. The number of nitrogens with one attached hydrogen (secondary N) is 1. The maximum Gasteiger partial charge on any atom is 0.410 e. The summed E-state index contributed by atoms with van der Waals surface area (Å²) in [5, 5.41) is 8.21. The van der Waals surface area contributed by atoms with Crippen LogP contribution in [0.15, 0.2) is 18.2 Å². The lowest BCUT2D eigenvalue weighted by Gasteiger charge is -2.42. The second-order valence-corrected chi connectivity index (χ2v) is 12.8. The predicted molar refractivity (Wildman–Crippen MR) is 148 cm³/mol. The number of hydrogen-bond acceptors (Lipinski definition) is 6. The molecular weight excluding hydrogens is 496 g/mol. The van der Waals surface area contributed by atoms with Gasteiger partial charge in [-0.25, -0.2) is 9.48 Å². The van der Waals surface area contributed by atoms with Crippen molar-refractivity contribution in [2.45, 2.75) is 84.4 Å². The van der Waals surface area contributed by atoms with Crippen LogP contribution in [0.25, 0.3) is 5.69 Å². The largest absolute Gasteiger partial charge is 0.444 e. The van der Waals surface area contributed by atoms with Crippen molar-refractivity contribution in [1.82, 2.24) is 19.6 Å². The predicted octanol–water partition coefficient (Wildman–Crippen LogP) is 3.89. The van der Waals surface area contributed by atoms with Gasteiger partial charge in [0.15, 0.2) is 0 Å². The molecular formula is C29H40N6O4. The van der Waals surface area contributed by atoms with Crippen molar-refractivity contribution in [2.75, 3.05) is 25.0 Å². The normalized spacial score (nSPS) is 20.7. The van der Waals surface area contributed by atoms with Crippen LogP contribution in [-0.2, 0) is 11.2 Å². The van der Waals surface area contributed by atoms with Gasteiger partial charge in [-0.2, -0.15) is 5.10 Å². The number of anilines is 1. The molecule has 3 N–H and O–H groups in total. The number of aryl methyl sites for hydroxylation is 1. The van der Waals surface area contributed by atoms with Gasteiger partial charge in [-0.15, -0.1) is 0 Å². The number of likely N-dealkylation sites (tertiary alicyclic amines) is 1. The van der Waals surface area contributed by atoms with Gasteiger partial charge in [0.25, 0.3) is 11.8 Å². The first-order valence-electron chi connectivity index (χ1n) is 13.8. The van der Waals surface area contributed by atoms with E-state index < -0.39 is 11.5 Å². The fourth-order valence-electron chi connectivity index (χ4n) is 5.62. The zero-order valence-electron chi connectivity index (χ0n) is 23.8. The van der Waals surface area contributed by atoms with Gasteiger partial charge in [-0.05, 0) is 84.9 Å². The summed E-state index contributed by atoms with van der Waals surface area (Å²) >= 11 is 0. The van der Waals surface area contributed by atoms with Crippen LogP contribution in [0, 0.1) is 12.8 Å². The molecule has 2 aromatic rings. The summed E-state index contributed by atoms with van der Waals surface area (Å²) in [6, 6.07) is 5.29. The Hall–Kier alpha value is -3.56. The number of hydrogen-bond donors (Lipinski definition) is 2. The highest BCUT2D eigenvalue weighted by Crippen LogP contribution is 2.38. The standard InChI is InChI=1S/C29H40N6O4/c1-17-24-23(14-29(5,6)34(26(24)37)15-18-7-8-18)35(32-17)20-9-10-21(25(30)36)22(13-20)31-19-11-12-33(16-19)27(38)39-28(2,3)4/h9-10,13,18-19,31H,7-8,11-12,14-16H2,1-6H3,(H2,30,36)/t19-/m0/s1. The van der Waals surface area contributed by atoms with Crippen molar-refractivity contribution in [3.63, 3.8) is 0 Å². The minimum atomic E-state index is -0.567. The summed E-state index contributed by atoms with van der Waals surface area (Å²) in [7, 11) is 0. The van der Waals surface area contributed by atoms with Crippen molar-refractivity contribution in [1.29, 1.82) is 0 Å². The third-order valence-corrected chi connectivity index (χ3v) is 7.80. The first kappa shape index (κ1) is 27.0. The van der Waals surface area contributed by atoms with Crippen LogP contribution in [0.2, 0.25) is 0 Å². The molecule has 0 bridgehead atoms. The Bertz CT molecular complexity index is 1320. The Labute approximate surface area is 229 Å². The van der Waals surface area contributed by atoms with E-state index in [9.17, 15) is 14.4 Å². The van der Waals surface area contributed by atoms with E-state index >= 15 is 0 Å². The first-order chi connectivity index (χ1) is 18.2. The minimum Gasteiger partial charge on any atom is -0.444 e. The Morgan fingerprint density at radius 3 is 2.56 bits per heavy atom. The third kappa shape index (κ3) is 5.46. The molecule has 0 radical (unpaired) electrons. The van der Waals surface area contributed by atoms with Crippen molar-refractivity contribution >= 4 is 23.6 Å². The molecule has 0 unspecified atom stereocenters. The quantitative estimate of drug-likeness (QED) is 0.578. The monoisotopic (exact) mass is 536 g/mol. The smallest absolute Gasteiger partial charge is 0.410 e. The number of aromatic nitrogens is 2. The van der Waals surface area contributed by atoms with Crippen LogP contribution in [0.4, 0.5) is 10.5 Å². The minimum absolute atomic E-state index is 0.0391. The molecule has 39 heavy (non-hydrogen) atoms. The highest BCUT2D eigenvalue weighted by atomic mass is 16.6. The van der Waals surface area contributed by atoms with Crippen LogP contribution < -0.4 is 11.1 Å². The molecule has 5 rings (SSSR count). The van der Waals surface area contributed by atoms with Crippen LogP contribution in [0.1, 0.15) is 86.0 Å². The summed E-state index contributed by atoms with van der Waals surface area (Å²) in [6.07, 6.45) is 3.40. The summed E-state index contributed by atoms with van der Waals surface area (Å²) in [6.45, 7) is 13.4. The summed E-state index contributed by atoms with van der Waals surface area (Å²) in [5.74, 6) is 0.0934. The lowest BCUT2D eigenvalue weighted by molar-refractivity contribution is 0.0293. The molecule has 1 aromatic carbocycles. The van der Waals surface area contributed by atoms with Gasteiger partial charge in [-0.1, -0.05) is 0 Å². The fraction of sp³-hybridized carbons (Fsp3) is 0.586. The molecule has 10 nitrogen and oxygen atoms in total. The number of carbonyl (C=O) groups is 3. The molecule has 1 saturated carbocycles. The Kier molecular flexibility index (Phi) is 6.63. The van der Waals surface area contributed by atoms with E-state index in [1.807, 2.05) is 49.4 Å². The summed E-state index contributed by atoms with van der Waals surface area (Å²) < 4.78 is 7.34. The van der Waals surface area contributed by atoms with Gasteiger partial charge in [0.2, 0.25) is 0 Å². The van der Waals surface area contributed by atoms with Crippen molar-refractivity contribution in [2.24, 2.45) is 11.7 Å². The average molecular weight is 537 g/mol. The molecule has 1 atom stereocenters. The van der Waals surface area contributed by atoms with E-state index in [1.165, 1.54) is 12.8 Å². The van der Waals surface area contributed by atoms with Crippen molar-refractivity contribution < 1.29 is 19.1 Å². The van der Waals surface area contributed by atoms with Crippen molar-refractivity contribution in [3.05, 3.63) is 40.7 Å². The third-order valence-electron chi connectivity index (χ3n) is 7.80. The Morgan fingerprint density at radius 2 is 1.92 bits per heavy atom. The fourth-order valence-corrected chi connectivity index (χ4v) is 5.62. The number of nitrogens with two attached hydrogens (primary N) is 1. The first-order valence-corrected chi connectivity index (χ1v) is 13.8. The van der Waals surface area contributed by atoms with Gasteiger partial charge >= 0.3 is 6.09 Å². The lowest BCUT2D eigenvalue weighted by atomic mass is 9.87. The van der Waals surface area contributed by atoms with Gasteiger partial charge in [-0.3, -0.25) is 9.59 Å². The molecule has 10 heteroatoms. The molecule has 3 amide bonds. The van der Waals surface area contributed by atoms with E-state index in [-0.39, 0.29) is 23.6 Å². The van der Waals surface area contributed by atoms with Crippen LogP contribution >= 0.6 is 0 Å². The second kappa shape index (κ2) is 9.57. The SMILES string of the molecule is Cc1nn(-c2ccc(C(N)=O)c(N[C@H]3CCN(C(=O)OC(C)(C)C)C3)c2)c2c1C(=O)N(CC1CC1)C(C)(C)C2. The number of primary amides is 1. The molecule has 3 heterocycles. The molecule has 1 aromatic heterocycles. The van der Waals surface area contributed by atoms with E-state index in [2.05, 4.69) is 19.2 Å². The van der Waals surface area contributed by atoms with Gasteiger partial charge < -0.3 is 25.6 Å². The number of carbonyl (C=O) groups excluding carboxylic acids is 3. The van der Waals surface area contributed by atoms with E-state index in [1.54, 1.807) is 11.0 Å². The van der Waals surface area contributed by atoms with Crippen LogP contribution in [-0.4, -0.2) is 74.3 Å². The second-order valence-electron chi connectivity index (χ2n) is 12.8. The topological polar surface area (TPSA) is 123 Å². The summed E-state index contributed by atoms with van der Waals surface area (Å²) in [5.41, 5.74) is 8.75. The number of nitrogens with zero attached hydrogens (tertiary/aromatic N) is 4. The molecule has 3 aliphatic rings. The van der Waals surface area contributed by atoms with Gasteiger partial charge in [0.05, 0.1) is 28.2 Å². The highest BCUT2D eigenvalue weighted by molar-refractivity contribution is 6.00. The Morgan fingerprint density at radius 1 is 1.21 bits per heavy atom. The number of ether oxygens (including phenoxy) is 1. The summed E-state index contributed by atoms with van der Waals surface area (Å²) in [4.78, 5) is 42.1. The number of rotatable bonds is 6. The molecule has 210 valence electrons. The highest BCUT2D eigenvalue weighted by Gasteiger charge is 2.43. The van der Waals surface area contributed by atoms with Gasteiger partial charge in [0.1, 0.15) is 5.60 Å². The average Bonchev–Trinajstić information content (AvgIpc) is 3.43. The van der Waals surface area contributed by atoms with E-state index in [0.29, 0.717) is 54.4 Å². The van der Waals surface area contributed by atoms with Gasteiger partial charge in [0, 0.05) is 43.3 Å². The molecule has 0 spiro atoms. The number of fused-ring (bicyclic) bond motifs is 1. The van der Waals surface area contributed by atoms with Crippen molar-refractivity contribution in [3.8, 4) is 5.69 Å². The molecule has 2 fully saturated rings. The number of amides is 3. The van der Waals surface area contributed by atoms with Crippen LogP contribution in [0.5, 0.6) is 0 Å². The maximum absolute atomic E-state index is 13.6. The zero-order valence-corrected chi connectivity index (χ0v) is 23.8. The van der Waals surface area contributed by atoms with Crippen LogP contribution in [0.3, 0.4) is 0 Å². The Balaban J connectivity index is 1.42. The molecule has 2 aliphatic heterocycles. The molecule has 1 saturated heterocycles. The zero-order chi connectivity index (χ0) is 28.3. The maximum atomic E-state index is 13.6. The van der Waals surface area contributed by atoms with E-state index in [4.69, 9.17) is 15.6 Å². The van der Waals surface area contributed by atoms with E-state index in [0.717, 1.165) is 17.9 Å². The number of benzene rings is 1. The lowest BCUT2D eigenvalue weighted by Crippen LogP contribution is -2.53.